The average molecular weight is 445 g/mol. The van der Waals surface area contributed by atoms with Gasteiger partial charge in [-0.3, -0.25) is 14.7 Å². The summed E-state index contributed by atoms with van der Waals surface area (Å²) in [5, 5.41) is 9.00. The molecule has 6 nitrogen and oxygen atoms in total. The molecule has 0 unspecified atom stereocenters. The molecule has 3 heterocycles. The lowest BCUT2D eigenvalue weighted by Crippen LogP contribution is -2.50. The van der Waals surface area contributed by atoms with Crippen LogP contribution >= 0.6 is 27.3 Å². The molecule has 0 atom stereocenters. The molecule has 8 heteroatoms. The lowest BCUT2D eigenvalue weighted by atomic mass is 10.1. The first-order chi connectivity index (χ1) is 13.1. The highest BCUT2D eigenvalue weighted by Crippen LogP contribution is 2.21. The highest BCUT2D eigenvalue weighted by atomic mass is 79.9. The Morgan fingerprint density at radius 2 is 1.67 bits per heavy atom. The van der Waals surface area contributed by atoms with E-state index < -0.39 is 0 Å². The summed E-state index contributed by atoms with van der Waals surface area (Å²) in [7, 11) is 0. The fourth-order valence-electron chi connectivity index (χ4n) is 3.04. The maximum Gasteiger partial charge on any atom is 0.272 e. The third-order valence-corrected chi connectivity index (χ3v) is 5.92. The van der Waals surface area contributed by atoms with Crippen LogP contribution in [0.25, 0.3) is 11.3 Å². The molecule has 1 N–H and O–H groups in total. The lowest BCUT2D eigenvalue weighted by molar-refractivity contribution is 0.0535. The van der Waals surface area contributed by atoms with E-state index in [1.54, 1.807) is 15.9 Å². The number of nitrogens with one attached hydrogen (secondary N) is 1. The maximum atomic E-state index is 12.7. The van der Waals surface area contributed by atoms with Crippen molar-refractivity contribution in [1.29, 1.82) is 0 Å². The third kappa shape index (κ3) is 3.81. The summed E-state index contributed by atoms with van der Waals surface area (Å²) in [5.41, 5.74) is 2.14. The predicted octanol–water partition coefficient (Wildman–Crippen LogP) is 3.50. The van der Waals surface area contributed by atoms with E-state index in [4.69, 9.17) is 0 Å². The van der Waals surface area contributed by atoms with Gasteiger partial charge in [-0.1, -0.05) is 34.1 Å². The number of aromatic amines is 1. The van der Waals surface area contributed by atoms with Crippen molar-refractivity contribution in [1.82, 2.24) is 20.0 Å². The highest BCUT2D eigenvalue weighted by molar-refractivity contribution is 9.10. The topological polar surface area (TPSA) is 69.3 Å². The first-order valence-corrected chi connectivity index (χ1v) is 10.2. The minimum atomic E-state index is -0.0888. The van der Waals surface area contributed by atoms with Gasteiger partial charge in [-0.2, -0.15) is 5.10 Å². The van der Waals surface area contributed by atoms with Crippen molar-refractivity contribution in [3.63, 3.8) is 0 Å². The van der Waals surface area contributed by atoms with Crippen LogP contribution in [0.15, 0.2) is 52.3 Å². The van der Waals surface area contributed by atoms with Gasteiger partial charge in [-0.15, -0.1) is 11.3 Å². The van der Waals surface area contributed by atoms with Crippen molar-refractivity contribution in [3.05, 3.63) is 62.9 Å². The number of amides is 2. The van der Waals surface area contributed by atoms with Crippen LogP contribution in [0, 0.1) is 0 Å². The van der Waals surface area contributed by atoms with E-state index in [2.05, 4.69) is 26.1 Å². The number of hydrogen-bond acceptors (Lipinski definition) is 4. The molecular formula is C19H17BrN4O2S. The summed E-state index contributed by atoms with van der Waals surface area (Å²) in [6, 6.07) is 13.3. The largest absolute Gasteiger partial charge is 0.334 e. The number of nitrogens with zero attached hydrogens (tertiary/aromatic N) is 3. The van der Waals surface area contributed by atoms with Crippen LogP contribution in [0.4, 0.5) is 0 Å². The Labute approximate surface area is 168 Å². The van der Waals surface area contributed by atoms with Crippen molar-refractivity contribution < 1.29 is 9.59 Å². The van der Waals surface area contributed by atoms with Crippen molar-refractivity contribution in [3.8, 4) is 11.3 Å². The van der Waals surface area contributed by atoms with E-state index in [1.807, 2.05) is 41.8 Å². The number of aromatic nitrogens is 2. The zero-order valence-electron chi connectivity index (χ0n) is 14.4. The van der Waals surface area contributed by atoms with Gasteiger partial charge in [-0.25, -0.2) is 0 Å². The summed E-state index contributed by atoms with van der Waals surface area (Å²) in [5.74, 6) is -0.0507. The minimum absolute atomic E-state index is 0.0381. The first kappa shape index (κ1) is 17.9. The molecule has 0 spiro atoms. The minimum Gasteiger partial charge on any atom is -0.334 e. The zero-order valence-corrected chi connectivity index (χ0v) is 16.8. The van der Waals surface area contributed by atoms with Gasteiger partial charge in [0.25, 0.3) is 11.8 Å². The number of thiophene rings is 1. The molecule has 1 fully saturated rings. The second-order valence-corrected chi connectivity index (χ2v) is 8.10. The second-order valence-electron chi connectivity index (χ2n) is 6.24. The van der Waals surface area contributed by atoms with Crippen LogP contribution in [0.2, 0.25) is 0 Å². The van der Waals surface area contributed by atoms with Gasteiger partial charge in [0.1, 0.15) is 5.69 Å². The molecule has 0 aliphatic carbocycles. The summed E-state index contributed by atoms with van der Waals surface area (Å²) < 4.78 is 0.994. The average Bonchev–Trinajstić information content (AvgIpc) is 3.40. The lowest BCUT2D eigenvalue weighted by Gasteiger charge is -2.34. The Morgan fingerprint density at radius 3 is 2.30 bits per heavy atom. The molecule has 0 bridgehead atoms. The van der Waals surface area contributed by atoms with Crippen LogP contribution in [-0.2, 0) is 0 Å². The van der Waals surface area contributed by atoms with Gasteiger partial charge >= 0.3 is 0 Å². The Kier molecular flexibility index (Phi) is 5.09. The van der Waals surface area contributed by atoms with E-state index in [1.165, 1.54) is 11.3 Å². The Hall–Kier alpha value is -2.45. The number of rotatable bonds is 3. The fraction of sp³-hybridized carbons (Fsp3) is 0.211. The van der Waals surface area contributed by atoms with Gasteiger partial charge in [0, 0.05) is 36.2 Å². The molecule has 4 rings (SSSR count). The molecule has 138 valence electrons. The molecule has 1 aliphatic rings. The summed E-state index contributed by atoms with van der Waals surface area (Å²) in [6.07, 6.45) is 0. The van der Waals surface area contributed by atoms with Crippen molar-refractivity contribution >= 4 is 39.1 Å². The Morgan fingerprint density at radius 1 is 1.00 bits per heavy atom. The number of hydrogen-bond donors (Lipinski definition) is 1. The predicted molar refractivity (Wildman–Crippen MR) is 108 cm³/mol. The molecule has 1 aliphatic heterocycles. The van der Waals surface area contributed by atoms with Gasteiger partial charge in [0.15, 0.2) is 0 Å². The summed E-state index contributed by atoms with van der Waals surface area (Å²) in [6.45, 7) is 2.11. The maximum absolute atomic E-state index is 12.7. The number of carbonyl (C=O) groups excluding carboxylic acids is 2. The van der Waals surface area contributed by atoms with Crippen LogP contribution in [0.5, 0.6) is 0 Å². The number of carbonyl (C=O) groups is 2. The molecule has 27 heavy (non-hydrogen) atoms. The zero-order chi connectivity index (χ0) is 18.8. The molecule has 0 saturated carbocycles. The molecule has 2 amide bonds. The van der Waals surface area contributed by atoms with Crippen molar-refractivity contribution in [2.75, 3.05) is 26.2 Å². The molecule has 0 radical (unpaired) electrons. The van der Waals surface area contributed by atoms with Gasteiger partial charge < -0.3 is 9.80 Å². The number of halogens is 1. The van der Waals surface area contributed by atoms with E-state index in [9.17, 15) is 9.59 Å². The van der Waals surface area contributed by atoms with E-state index in [0.717, 1.165) is 20.6 Å². The smallest absolute Gasteiger partial charge is 0.272 e. The molecule has 3 aromatic rings. The van der Waals surface area contributed by atoms with Crippen molar-refractivity contribution in [2.24, 2.45) is 0 Å². The Balaban J connectivity index is 1.40. The first-order valence-electron chi connectivity index (χ1n) is 8.55. The SMILES string of the molecule is O=C(c1cc(-c2ccc(Br)cc2)n[nH]1)N1CCN(C(=O)c2cccs2)CC1. The number of H-pyrrole nitrogens is 1. The highest BCUT2D eigenvalue weighted by Gasteiger charge is 2.26. The van der Waals surface area contributed by atoms with Gasteiger partial charge in [0.05, 0.1) is 10.6 Å². The molecular weight excluding hydrogens is 428 g/mol. The Bertz CT molecular complexity index is 945. The van der Waals surface area contributed by atoms with E-state index >= 15 is 0 Å². The molecule has 1 saturated heterocycles. The monoisotopic (exact) mass is 444 g/mol. The van der Waals surface area contributed by atoms with Crippen LogP contribution in [-0.4, -0.2) is 58.0 Å². The summed E-state index contributed by atoms with van der Waals surface area (Å²) >= 11 is 4.85. The molecule has 2 aromatic heterocycles. The fourth-order valence-corrected chi connectivity index (χ4v) is 3.99. The number of piperazine rings is 1. The van der Waals surface area contributed by atoms with Gasteiger partial charge in [-0.05, 0) is 29.6 Å². The molecule has 1 aromatic carbocycles. The summed E-state index contributed by atoms with van der Waals surface area (Å²) in [4.78, 5) is 29.5. The van der Waals surface area contributed by atoms with E-state index in [0.29, 0.717) is 31.9 Å². The van der Waals surface area contributed by atoms with E-state index in [-0.39, 0.29) is 11.8 Å². The third-order valence-electron chi connectivity index (χ3n) is 4.53. The quantitative estimate of drug-likeness (QED) is 0.671. The standard InChI is InChI=1S/C19H17BrN4O2S/c20-14-5-3-13(4-6-14)15-12-16(22-21-15)18(25)23-7-9-24(10-8-23)19(26)17-2-1-11-27-17/h1-6,11-12H,7-10H2,(H,21,22). The second kappa shape index (κ2) is 7.66. The normalized spacial score (nSPS) is 14.4. The van der Waals surface area contributed by atoms with Crippen LogP contribution in [0.1, 0.15) is 20.2 Å². The number of benzene rings is 1. The van der Waals surface area contributed by atoms with Crippen LogP contribution < -0.4 is 0 Å². The van der Waals surface area contributed by atoms with Crippen molar-refractivity contribution in [2.45, 2.75) is 0 Å². The van der Waals surface area contributed by atoms with Gasteiger partial charge in [0.2, 0.25) is 0 Å². The van der Waals surface area contributed by atoms with Crippen LogP contribution in [0.3, 0.4) is 0 Å².